The molecule has 0 bridgehead atoms. The van der Waals surface area contributed by atoms with Gasteiger partial charge in [-0.25, -0.2) is 0 Å². The molecule has 68 valence electrons. The molecule has 1 aromatic rings. The molecule has 3 heteroatoms. The molecular weight excluding hydrogens is 166 g/mol. The third-order valence-corrected chi connectivity index (χ3v) is 1.74. The summed E-state index contributed by atoms with van der Waals surface area (Å²) >= 11 is 0. The van der Waals surface area contributed by atoms with Crippen LogP contribution in [0.4, 0.5) is 0 Å². The van der Waals surface area contributed by atoms with E-state index in [1.54, 1.807) is 12.1 Å². The molecule has 0 aliphatic rings. The van der Waals surface area contributed by atoms with E-state index in [-0.39, 0.29) is 0 Å². The van der Waals surface area contributed by atoms with Crippen molar-refractivity contribution in [3.63, 3.8) is 0 Å². The molecule has 0 aliphatic carbocycles. The monoisotopic (exact) mass is 177 g/mol. The fourth-order valence-corrected chi connectivity index (χ4v) is 1.22. The van der Waals surface area contributed by atoms with Gasteiger partial charge >= 0.3 is 0 Å². The Hall–Kier alpha value is -1.64. The van der Waals surface area contributed by atoms with E-state index >= 15 is 0 Å². The molecule has 0 aromatic heterocycles. The first-order valence-corrected chi connectivity index (χ1v) is 3.97. The van der Waals surface area contributed by atoms with Crippen LogP contribution in [-0.2, 0) is 11.2 Å². The molecule has 0 fully saturated rings. The molecule has 0 heterocycles. The summed E-state index contributed by atoms with van der Waals surface area (Å²) < 4.78 is 0. The summed E-state index contributed by atoms with van der Waals surface area (Å²) in [7, 11) is 0. The maximum Gasteiger partial charge on any atom is 0.248 e. The number of carbonyl (C=O) groups is 2. The molecular formula is C10H11NO2. The lowest BCUT2D eigenvalue weighted by atomic mass is 10.0. The number of primary amides is 1. The Morgan fingerprint density at radius 2 is 2.15 bits per heavy atom. The highest BCUT2D eigenvalue weighted by atomic mass is 16.1. The topological polar surface area (TPSA) is 60.2 Å². The van der Waals surface area contributed by atoms with Crippen LogP contribution in [0.3, 0.4) is 0 Å². The van der Waals surface area contributed by atoms with Crippen molar-refractivity contribution < 1.29 is 9.59 Å². The molecule has 1 amide bonds. The Labute approximate surface area is 76.6 Å². The smallest absolute Gasteiger partial charge is 0.248 e. The van der Waals surface area contributed by atoms with Gasteiger partial charge in [0.2, 0.25) is 5.91 Å². The van der Waals surface area contributed by atoms with Crippen molar-refractivity contribution in [1.29, 1.82) is 0 Å². The van der Waals surface area contributed by atoms with E-state index < -0.39 is 5.91 Å². The number of nitrogens with two attached hydrogens (primary N) is 1. The Balaban J connectivity index is 3.10. The van der Waals surface area contributed by atoms with Gasteiger partial charge in [-0.1, -0.05) is 11.6 Å². The Morgan fingerprint density at radius 3 is 2.69 bits per heavy atom. The zero-order valence-corrected chi connectivity index (χ0v) is 7.41. The second kappa shape index (κ2) is 3.85. The molecule has 13 heavy (non-hydrogen) atoms. The van der Waals surface area contributed by atoms with Gasteiger partial charge < -0.3 is 10.5 Å². The predicted molar refractivity (Wildman–Crippen MR) is 49.5 cm³/mol. The molecule has 1 aromatic carbocycles. The van der Waals surface area contributed by atoms with E-state index in [2.05, 4.69) is 0 Å². The van der Waals surface area contributed by atoms with Crippen molar-refractivity contribution in [2.24, 2.45) is 5.73 Å². The van der Waals surface area contributed by atoms with Crippen LogP contribution in [0.1, 0.15) is 21.5 Å². The van der Waals surface area contributed by atoms with Gasteiger partial charge in [-0.15, -0.1) is 0 Å². The van der Waals surface area contributed by atoms with E-state index in [4.69, 9.17) is 5.73 Å². The van der Waals surface area contributed by atoms with Gasteiger partial charge in [-0.3, -0.25) is 4.79 Å². The molecule has 1 rings (SSSR count). The summed E-state index contributed by atoms with van der Waals surface area (Å²) in [4.78, 5) is 21.1. The highest BCUT2D eigenvalue weighted by Gasteiger charge is 2.02. The maximum absolute atomic E-state index is 10.8. The highest BCUT2D eigenvalue weighted by molar-refractivity contribution is 5.93. The van der Waals surface area contributed by atoms with Crippen LogP contribution in [0.5, 0.6) is 0 Å². The molecule has 0 radical (unpaired) electrons. The number of carbonyl (C=O) groups excluding carboxylic acids is 2. The molecule has 2 N–H and O–H groups in total. The van der Waals surface area contributed by atoms with Crippen LogP contribution in [0, 0.1) is 6.92 Å². The summed E-state index contributed by atoms with van der Waals surface area (Å²) in [5.74, 6) is -0.462. The largest absolute Gasteiger partial charge is 0.366 e. The van der Waals surface area contributed by atoms with Crippen LogP contribution >= 0.6 is 0 Å². The number of rotatable bonds is 3. The van der Waals surface area contributed by atoms with E-state index in [0.717, 1.165) is 17.4 Å². The first-order chi connectivity index (χ1) is 6.13. The van der Waals surface area contributed by atoms with Gasteiger partial charge in [0, 0.05) is 12.0 Å². The highest BCUT2D eigenvalue weighted by Crippen LogP contribution is 2.09. The number of benzene rings is 1. The first kappa shape index (κ1) is 9.45. The van der Waals surface area contributed by atoms with Crippen molar-refractivity contribution in [3.05, 3.63) is 34.9 Å². The summed E-state index contributed by atoms with van der Waals surface area (Å²) in [5, 5.41) is 0. The zero-order chi connectivity index (χ0) is 9.84. The van der Waals surface area contributed by atoms with Crippen LogP contribution in [0.15, 0.2) is 18.2 Å². The van der Waals surface area contributed by atoms with Gasteiger partial charge in [0.05, 0.1) is 0 Å². The lowest BCUT2D eigenvalue weighted by Crippen LogP contribution is -2.11. The zero-order valence-electron chi connectivity index (χ0n) is 7.41. The van der Waals surface area contributed by atoms with Crippen molar-refractivity contribution in [1.82, 2.24) is 0 Å². The third kappa shape index (κ3) is 2.40. The van der Waals surface area contributed by atoms with Gasteiger partial charge in [0.1, 0.15) is 6.29 Å². The summed E-state index contributed by atoms with van der Waals surface area (Å²) in [6.45, 7) is 1.86. The number of amides is 1. The number of hydrogen-bond acceptors (Lipinski definition) is 2. The fraction of sp³-hybridized carbons (Fsp3) is 0.200. The lowest BCUT2D eigenvalue weighted by molar-refractivity contribution is -0.107. The summed E-state index contributed by atoms with van der Waals surface area (Å²) in [5.41, 5.74) is 7.34. The molecule has 0 saturated heterocycles. The minimum atomic E-state index is -0.462. The average molecular weight is 177 g/mol. The maximum atomic E-state index is 10.8. The molecule has 0 unspecified atom stereocenters. The second-order valence-electron chi connectivity index (χ2n) is 2.94. The molecule has 0 spiro atoms. The van der Waals surface area contributed by atoms with E-state index in [1.807, 2.05) is 13.0 Å². The van der Waals surface area contributed by atoms with E-state index in [1.165, 1.54) is 0 Å². The van der Waals surface area contributed by atoms with Crippen molar-refractivity contribution in [2.45, 2.75) is 13.3 Å². The molecule has 0 atom stereocenters. The normalized spacial score (nSPS) is 9.62. The predicted octanol–water partition coefficient (Wildman–Crippen LogP) is 0.835. The van der Waals surface area contributed by atoms with Crippen LogP contribution in [0.2, 0.25) is 0 Å². The molecule has 0 saturated carbocycles. The molecule has 3 nitrogen and oxygen atoms in total. The van der Waals surface area contributed by atoms with Crippen LogP contribution < -0.4 is 5.73 Å². The minimum absolute atomic E-state index is 0.321. The SMILES string of the molecule is Cc1cc(CC=O)cc(C(N)=O)c1. The van der Waals surface area contributed by atoms with Crippen LogP contribution in [-0.4, -0.2) is 12.2 Å². The first-order valence-electron chi connectivity index (χ1n) is 3.97. The third-order valence-electron chi connectivity index (χ3n) is 1.74. The number of aldehydes is 1. The standard InChI is InChI=1S/C10H11NO2/c1-7-4-8(2-3-12)6-9(5-7)10(11)13/h3-6H,2H2,1H3,(H2,11,13). The summed E-state index contributed by atoms with van der Waals surface area (Å²) in [6, 6.07) is 5.21. The van der Waals surface area contributed by atoms with Crippen molar-refractivity contribution in [2.75, 3.05) is 0 Å². The van der Waals surface area contributed by atoms with Crippen molar-refractivity contribution >= 4 is 12.2 Å². The Kier molecular flexibility index (Phi) is 2.80. The number of aryl methyl sites for hydroxylation is 1. The Morgan fingerprint density at radius 1 is 1.46 bits per heavy atom. The summed E-state index contributed by atoms with van der Waals surface area (Å²) in [6.07, 6.45) is 1.13. The van der Waals surface area contributed by atoms with Gasteiger partial charge in [0.15, 0.2) is 0 Å². The quantitative estimate of drug-likeness (QED) is 0.695. The van der Waals surface area contributed by atoms with Gasteiger partial charge in [-0.2, -0.15) is 0 Å². The van der Waals surface area contributed by atoms with Gasteiger partial charge in [-0.05, 0) is 24.6 Å². The van der Waals surface area contributed by atoms with E-state index in [9.17, 15) is 9.59 Å². The Bertz CT molecular complexity index is 345. The van der Waals surface area contributed by atoms with Gasteiger partial charge in [0.25, 0.3) is 0 Å². The van der Waals surface area contributed by atoms with Crippen molar-refractivity contribution in [3.8, 4) is 0 Å². The minimum Gasteiger partial charge on any atom is -0.366 e. The number of hydrogen-bond donors (Lipinski definition) is 1. The average Bonchev–Trinajstić information content (AvgIpc) is 2.03. The lowest BCUT2D eigenvalue weighted by Gasteiger charge is -2.01. The second-order valence-corrected chi connectivity index (χ2v) is 2.94. The molecule has 0 aliphatic heterocycles. The van der Waals surface area contributed by atoms with Crippen LogP contribution in [0.25, 0.3) is 0 Å². The van der Waals surface area contributed by atoms with E-state index in [0.29, 0.717) is 12.0 Å². The fourth-order valence-electron chi connectivity index (χ4n) is 1.22.